The zero-order valence-electron chi connectivity index (χ0n) is 14.1. The van der Waals surface area contributed by atoms with Crippen LogP contribution in [0.3, 0.4) is 0 Å². The number of rotatable bonds is 6. The molecule has 0 fully saturated rings. The Bertz CT molecular complexity index is 644. The fraction of sp³-hybridized carbons (Fsp3) is 0.529. The van der Waals surface area contributed by atoms with Crippen LogP contribution in [-0.4, -0.2) is 40.7 Å². The Morgan fingerprint density at radius 2 is 2.00 bits per heavy atom. The van der Waals surface area contributed by atoms with Crippen LogP contribution in [0.5, 0.6) is 5.75 Å². The first kappa shape index (κ1) is 19.2. The predicted molar refractivity (Wildman–Crippen MR) is 86.1 cm³/mol. The van der Waals surface area contributed by atoms with Gasteiger partial charge in [-0.1, -0.05) is 25.5 Å². The third-order valence-electron chi connectivity index (χ3n) is 4.07. The quantitative estimate of drug-likeness (QED) is 0.849. The molecule has 0 bridgehead atoms. The van der Waals surface area contributed by atoms with Crippen LogP contribution < -0.4 is 4.74 Å². The van der Waals surface area contributed by atoms with Crippen LogP contribution in [0, 0.1) is 0 Å². The first-order valence-corrected chi connectivity index (χ1v) is 8.02. The Morgan fingerprint density at radius 1 is 1.36 bits per heavy atom. The van der Waals surface area contributed by atoms with E-state index >= 15 is 0 Å². The topological polar surface area (TPSA) is 62.1 Å². The molecular formula is C17H21F3N2O3. The number of carbonyl (C=O) groups excluding carboxylic acids is 1. The smallest absolute Gasteiger partial charge is 0.438 e. The molecule has 0 saturated carbocycles. The number of aliphatic hydroxyl groups is 1. The number of nitrogens with zero attached hydrogens (tertiary/aromatic N) is 2. The molecule has 1 aromatic rings. The van der Waals surface area contributed by atoms with Gasteiger partial charge in [0.2, 0.25) is 5.91 Å². The highest BCUT2D eigenvalue weighted by Gasteiger charge is 2.62. The first-order chi connectivity index (χ1) is 11.7. The number of benzene rings is 1. The highest BCUT2D eigenvalue weighted by atomic mass is 19.4. The number of methoxy groups -OCH3 is 1. The number of alkyl halides is 3. The van der Waals surface area contributed by atoms with Crippen molar-refractivity contribution >= 4 is 11.6 Å². The van der Waals surface area contributed by atoms with Gasteiger partial charge in [-0.25, -0.2) is 0 Å². The number of hydrogen-bond acceptors (Lipinski definition) is 4. The van der Waals surface area contributed by atoms with Gasteiger partial charge in [-0.3, -0.25) is 4.79 Å². The van der Waals surface area contributed by atoms with Crippen molar-refractivity contribution in [2.75, 3.05) is 7.11 Å². The van der Waals surface area contributed by atoms with E-state index in [0.717, 1.165) is 6.42 Å². The summed E-state index contributed by atoms with van der Waals surface area (Å²) in [6.45, 7) is 1.90. The van der Waals surface area contributed by atoms with E-state index in [2.05, 4.69) is 5.10 Å². The Hall–Kier alpha value is -2.09. The molecule has 0 radical (unpaired) electrons. The highest BCUT2D eigenvalue weighted by Crippen LogP contribution is 2.41. The maximum atomic E-state index is 13.4. The molecule has 1 aliphatic rings. The van der Waals surface area contributed by atoms with Gasteiger partial charge in [0.25, 0.3) is 5.72 Å². The normalized spacial score (nSPS) is 20.6. The molecule has 1 heterocycles. The summed E-state index contributed by atoms with van der Waals surface area (Å²) in [4.78, 5) is 12.4. The van der Waals surface area contributed by atoms with E-state index in [9.17, 15) is 23.1 Å². The van der Waals surface area contributed by atoms with E-state index in [1.54, 1.807) is 24.3 Å². The summed E-state index contributed by atoms with van der Waals surface area (Å²) < 4.78 is 45.1. The minimum absolute atomic E-state index is 0.185. The standard InChI is InChI=1S/C17H21F3N2O3/c1-3-4-5-13-11-16(24,17(18,19)20)22(21-13)15(23)10-12-6-8-14(25-2)9-7-12/h6-9,24H,3-5,10-11H2,1-2H3/t16-/m0/s1. The van der Waals surface area contributed by atoms with E-state index in [0.29, 0.717) is 24.2 Å². The summed E-state index contributed by atoms with van der Waals surface area (Å²) in [5.41, 5.74) is -2.59. The zero-order chi connectivity index (χ0) is 18.7. The predicted octanol–water partition coefficient (Wildman–Crippen LogP) is 3.27. The van der Waals surface area contributed by atoms with Crippen molar-refractivity contribution in [3.8, 4) is 5.75 Å². The summed E-state index contributed by atoms with van der Waals surface area (Å²) >= 11 is 0. The van der Waals surface area contributed by atoms with E-state index in [1.807, 2.05) is 6.92 Å². The van der Waals surface area contributed by atoms with Crippen LogP contribution in [0.1, 0.15) is 38.2 Å². The number of hydrogen-bond donors (Lipinski definition) is 1. The van der Waals surface area contributed by atoms with Crippen molar-refractivity contribution < 1.29 is 27.8 Å². The van der Waals surface area contributed by atoms with E-state index in [-0.39, 0.29) is 17.1 Å². The van der Waals surface area contributed by atoms with Crippen molar-refractivity contribution in [1.82, 2.24) is 5.01 Å². The van der Waals surface area contributed by atoms with Gasteiger partial charge in [0.05, 0.1) is 13.5 Å². The van der Waals surface area contributed by atoms with Gasteiger partial charge in [-0.05, 0) is 30.5 Å². The number of ether oxygens (including phenoxy) is 1. The van der Waals surface area contributed by atoms with Crippen molar-refractivity contribution in [3.05, 3.63) is 29.8 Å². The molecule has 1 aliphatic heterocycles. The monoisotopic (exact) mass is 358 g/mol. The van der Waals surface area contributed by atoms with Crippen molar-refractivity contribution in [3.63, 3.8) is 0 Å². The molecule has 1 atom stereocenters. The average Bonchev–Trinajstić information content (AvgIpc) is 2.91. The molecule has 0 spiro atoms. The second kappa shape index (κ2) is 7.43. The summed E-state index contributed by atoms with van der Waals surface area (Å²) in [6, 6.07) is 6.39. The van der Waals surface area contributed by atoms with Gasteiger partial charge < -0.3 is 9.84 Å². The number of halogens is 3. The molecule has 8 heteroatoms. The summed E-state index contributed by atoms with van der Waals surface area (Å²) in [6.07, 6.45) is -4.24. The SMILES string of the molecule is CCCCC1=NN(C(=O)Cc2ccc(OC)cc2)[C@@](O)(C(F)(F)F)C1. The van der Waals surface area contributed by atoms with Crippen LogP contribution in [0.25, 0.3) is 0 Å². The first-order valence-electron chi connectivity index (χ1n) is 8.02. The van der Waals surface area contributed by atoms with Crippen molar-refractivity contribution in [1.29, 1.82) is 0 Å². The molecule has 138 valence electrons. The fourth-order valence-electron chi connectivity index (χ4n) is 2.61. The summed E-state index contributed by atoms with van der Waals surface area (Å²) in [5, 5.41) is 14.1. The van der Waals surface area contributed by atoms with Gasteiger partial charge in [-0.15, -0.1) is 0 Å². The molecule has 1 N–H and O–H groups in total. The summed E-state index contributed by atoms with van der Waals surface area (Å²) in [7, 11) is 1.49. The Morgan fingerprint density at radius 3 is 2.52 bits per heavy atom. The maximum Gasteiger partial charge on any atom is 0.438 e. The lowest BCUT2D eigenvalue weighted by Crippen LogP contribution is -2.57. The Balaban J connectivity index is 2.21. The van der Waals surface area contributed by atoms with Gasteiger partial charge in [-0.2, -0.15) is 23.3 Å². The molecule has 5 nitrogen and oxygen atoms in total. The zero-order valence-corrected chi connectivity index (χ0v) is 14.1. The van der Waals surface area contributed by atoms with Gasteiger partial charge in [0.1, 0.15) is 5.75 Å². The third kappa shape index (κ3) is 4.12. The van der Waals surface area contributed by atoms with E-state index in [4.69, 9.17) is 4.74 Å². The second-order valence-corrected chi connectivity index (χ2v) is 5.99. The molecule has 0 aromatic heterocycles. The van der Waals surface area contributed by atoms with Gasteiger partial charge in [0.15, 0.2) is 0 Å². The van der Waals surface area contributed by atoms with Crippen molar-refractivity contribution in [2.45, 2.75) is 50.9 Å². The van der Waals surface area contributed by atoms with Crippen LogP contribution in [0.15, 0.2) is 29.4 Å². The molecule has 1 aromatic carbocycles. The fourth-order valence-corrected chi connectivity index (χ4v) is 2.61. The lowest BCUT2D eigenvalue weighted by atomic mass is 10.0. The van der Waals surface area contributed by atoms with E-state index in [1.165, 1.54) is 7.11 Å². The average molecular weight is 358 g/mol. The van der Waals surface area contributed by atoms with Crippen LogP contribution in [0.2, 0.25) is 0 Å². The lowest BCUT2D eigenvalue weighted by molar-refractivity contribution is -0.302. The Kier molecular flexibility index (Phi) is 5.72. The molecule has 1 amide bonds. The number of hydrazone groups is 1. The highest BCUT2D eigenvalue weighted by molar-refractivity contribution is 5.91. The van der Waals surface area contributed by atoms with Gasteiger partial charge in [0, 0.05) is 12.1 Å². The van der Waals surface area contributed by atoms with Crippen molar-refractivity contribution in [2.24, 2.45) is 5.10 Å². The Labute approximate surface area is 144 Å². The molecule has 0 saturated heterocycles. The molecule has 0 aliphatic carbocycles. The molecular weight excluding hydrogens is 337 g/mol. The van der Waals surface area contributed by atoms with Crippen LogP contribution in [0.4, 0.5) is 13.2 Å². The number of carbonyl (C=O) groups is 1. The minimum atomic E-state index is -4.99. The second-order valence-electron chi connectivity index (χ2n) is 5.99. The minimum Gasteiger partial charge on any atom is -0.497 e. The maximum absolute atomic E-state index is 13.4. The van der Waals surface area contributed by atoms with Crippen LogP contribution in [-0.2, 0) is 11.2 Å². The number of amides is 1. The molecule has 2 rings (SSSR count). The largest absolute Gasteiger partial charge is 0.497 e. The lowest BCUT2D eigenvalue weighted by Gasteiger charge is -2.32. The number of unbranched alkanes of at least 4 members (excludes halogenated alkanes) is 1. The molecule has 25 heavy (non-hydrogen) atoms. The molecule has 0 unspecified atom stereocenters. The summed E-state index contributed by atoms with van der Waals surface area (Å²) in [5.74, 6) is -0.333. The van der Waals surface area contributed by atoms with Gasteiger partial charge >= 0.3 is 6.18 Å². The van der Waals surface area contributed by atoms with E-state index < -0.39 is 24.2 Å². The third-order valence-corrected chi connectivity index (χ3v) is 4.07. The van der Waals surface area contributed by atoms with Crippen LogP contribution >= 0.6 is 0 Å².